The molecule has 0 heterocycles. The number of unbranched alkanes of at least 4 members (excludes halogenated alkanes) is 12. The van der Waals surface area contributed by atoms with Gasteiger partial charge < -0.3 is 10.2 Å². The minimum absolute atomic E-state index is 0.0336. The number of nitrogens with zero attached hydrogens (tertiary/aromatic N) is 2. The summed E-state index contributed by atoms with van der Waals surface area (Å²) in [4.78, 5) is 0. The molecule has 0 saturated heterocycles. The zero-order valence-electron chi connectivity index (χ0n) is 17.4. The van der Waals surface area contributed by atoms with Gasteiger partial charge in [-0.05, 0) is 19.8 Å². The fraction of sp³-hybridized carbons (Fsp3) is 0.952. The number of likely N-dealkylation sites (N-methyl/N-ethyl adjacent to an activating group) is 1. The van der Waals surface area contributed by atoms with Crippen molar-refractivity contribution in [2.45, 2.75) is 110 Å². The van der Waals surface area contributed by atoms with Crippen LogP contribution in [0, 0.1) is 0 Å². The lowest BCUT2D eigenvalue weighted by Crippen LogP contribution is -2.42. The molecule has 0 saturated carbocycles. The zero-order valence-corrected chi connectivity index (χ0v) is 17.4. The van der Waals surface area contributed by atoms with Crippen LogP contribution in [0.5, 0.6) is 0 Å². The number of rotatable bonds is 17. The third-order valence-corrected chi connectivity index (χ3v) is 4.59. The first-order valence-electron chi connectivity index (χ1n) is 10.6. The van der Waals surface area contributed by atoms with Crippen LogP contribution in [0.4, 0.5) is 0 Å². The molecule has 150 valence electrons. The second-order valence-corrected chi connectivity index (χ2v) is 8.14. The Balaban J connectivity index is 3.46. The molecule has 0 aromatic heterocycles. The first-order valence-corrected chi connectivity index (χ1v) is 10.6. The number of hydrogen-bond acceptors (Lipinski definition) is 3. The molecule has 0 aliphatic heterocycles. The third-order valence-electron chi connectivity index (χ3n) is 4.59. The molecule has 1 atom stereocenters. The van der Waals surface area contributed by atoms with Gasteiger partial charge in [0, 0.05) is 5.90 Å². The molecule has 0 rings (SSSR count). The molecule has 0 aliphatic rings. The summed E-state index contributed by atoms with van der Waals surface area (Å²) in [6.07, 6.45) is 17.2. The smallest absolute Gasteiger partial charge is 0.128 e. The molecule has 4 nitrogen and oxygen atoms in total. The van der Waals surface area contributed by atoms with Crippen LogP contribution in [0.1, 0.15) is 104 Å². The normalized spacial score (nSPS) is 14.0. The van der Waals surface area contributed by atoms with Gasteiger partial charge in [0.25, 0.3) is 0 Å². The number of hydrogen-bond donors (Lipinski definition) is 1. The van der Waals surface area contributed by atoms with Crippen molar-refractivity contribution in [1.29, 1.82) is 0 Å². The molecule has 0 aromatic carbocycles. The number of aliphatic hydroxyl groups is 1. The van der Waals surface area contributed by atoms with Crippen LogP contribution in [-0.4, -0.2) is 42.3 Å². The largest absolute Gasteiger partial charge is 0.858 e. The molecule has 0 aromatic rings. The van der Waals surface area contributed by atoms with Crippen LogP contribution in [0.2, 0.25) is 0 Å². The maximum atomic E-state index is 11.9. The summed E-state index contributed by atoms with van der Waals surface area (Å²) in [6.45, 7) is 4.47. The molecule has 0 radical (unpaired) electrons. The minimum atomic E-state index is -0.442. The molecule has 1 N–H and O–H groups in total. The Morgan fingerprint density at radius 3 is 1.64 bits per heavy atom. The first kappa shape index (κ1) is 24.4. The fourth-order valence-corrected chi connectivity index (χ4v) is 3.33. The minimum Gasteiger partial charge on any atom is -0.858 e. The summed E-state index contributed by atoms with van der Waals surface area (Å²) in [6, 6.07) is 0. The van der Waals surface area contributed by atoms with E-state index in [2.05, 4.69) is 12.0 Å². The Labute approximate surface area is 156 Å². The van der Waals surface area contributed by atoms with E-state index in [1.54, 1.807) is 6.92 Å². The van der Waals surface area contributed by atoms with Crippen molar-refractivity contribution < 1.29 is 14.8 Å². The molecular formula is C21H44N2O2. The molecule has 4 heteroatoms. The monoisotopic (exact) mass is 356 g/mol. The number of quaternary nitrogens is 1. The summed E-state index contributed by atoms with van der Waals surface area (Å²) in [5.41, 5.74) is 0. The van der Waals surface area contributed by atoms with E-state index in [0.717, 1.165) is 12.8 Å². The van der Waals surface area contributed by atoms with Crippen LogP contribution in [0.3, 0.4) is 0 Å². The standard InChI is InChI=1S/C21H44N2O2/c1-5-6-7-8-9-10-11-12-13-14-15-16-17-18-21(25)22-23(3,4)19-20(2)24/h20,24H,5-19H2,1-4H3. The average molecular weight is 357 g/mol. The predicted molar refractivity (Wildman–Crippen MR) is 106 cm³/mol. The van der Waals surface area contributed by atoms with Gasteiger partial charge in [0.15, 0.2) is 0 Å². The van der Waals surface area contributed by atoms with Crippen LogP contribution in [-0.2, 0) is 0 Å². The van der Waals surface area contributed by atoms with E-state index in [-0.39, 0.29) is 10.5 Å². The Bertz CT molecular complexity index is 328. The Morgan fingerprint density at radius 2 is 1.24 bits per heavy atom. The van der Waals surface area contributed by atoms with Crippen molar-refractivity contribution in [3.8, 4) is 0 Å². The Morgan fingerprint density at radius 1 is 0.840 bits per heavy atom. The van der Waals surface area contributed by atoms with E-state index in [1.165, 1.54) is 70.6 Å². The van der Waals surface area contributed by atoms with E-state index < -0.39 is 6.10 Å². The van der Waals surface area contributed by atoms with Gasteiger partial charge in [-0.25, -0.2) is 4.59 Å². The van der Waals surface area contributed by atoms with Crippen molar-refractivity contribution in [2.75, 3.05) is 20.6 Å². The summed E-state index contributed by atoms with van der Waals surface area (Å²) in [5, 5.41) is 25.5. The highest BCUT2D eigenvalue weighted by Gasteiger charge is 2.16. The van der Waals surface area contributed by atoms with Gasteiger partial charge in [-0.2, -0.15) is 0 Å². The van der Waals surface area contributed by atoms with Crippen molar-refractivity contribution >= 4 is 5.90 Å². The molecule has 0 amide bonds. The van der Waals surface area contributed by atoms with E-state index >= 15 is 0 Å². The van der Waals surface area contributed by atoms with Crippen LogP contribution < -0.4 is 5.11 Å². The van der Waals surface area contributed by atoms with E-state index in [1.807, 2.05) is 14.1 Å². The average Bonchev–Trinajstić information content (AvgIpc) is 2.50. The predicted octanol–water partition coefficient (Wildman–Crippen LogP) is 4.60. The van der Waals surface area contributed by atoms with Crippen molar-refractivity contribution in [3.63, 3.8) is 0 Å². The maximum Gasteiger partial charge on any atom is 0.128 e. The topological polar surface area (TPSA) is 55.7 Å². The summed E-state index contributed by atoms with van der Waals surface area (Å²) < 4.78 is 0.217. The Hall–Kier alpha value is -0.610. The van der Waals surface area contributed by atoms with Gasteiger partial charge in [0.1, 0.15) is 12.6 Å². The van der Waals surface area contributed by atoms with Crippen LogP contribution in [0.15, 0.2) is 5.10 Å². The van der Waals surface area contributed by atoms with Crippen molar-refractivity contribution in [3.05, 3.63) is 0 Å². The van der Waals surface area contributed by atoms with E-state index in [0.29, 0.717) is 13.0 Å². The molecule has 0 fully saturated rings. The highest BCUT2D eigenvalue weighted by Crippen LogP contribution is 2.13. The van der Waals surface area contributed by atoms with Gasteiger partial charge in [-0.1, -0.05) is 84.0 Å². The second-order valence-electron chi connectivity index (χ2n) is 8.14. The van der Waals surface area contributed by atoms with Gasteiger partial charge in [0.05, 0.1) is 14.1 Å². The Kier molecular flexibility index (Phi) is 15.2. The van der Waals surface area contributed by atoms with Crippen molar-refractivity contribution in [2.24, 2.45) is 5.10 Å². The molecular weight excluding hydrogens is 312 g/mol. The van der Waals surface area contributed by atoms with Crippen molar-refractivity contribution in [1.82, 2.24) is 0 Å². The van der Waals surface area contributed by atoms with Crippen LogP contribution in [0.25, 0.3) is 0 Å². The molecule has 0 spiro atoms. The highest BCUT2D eigenvalue weighted by atomic mass is 16.3. The number of aliphatic hydroxyl groups excluding tert-OH is 1. The van der Waals surface area contributed by atoms with E-state index in [9.17, 15) is 10.2 Å². The lowest BCUT2D eigenvalue weighted by molar-refractivity contribution is -0.901. The highest BCUT2D eigenvalue weighted by molar-refractivity contribution is 5.70. The second kappa shape index (κ2) is 15.6. The maximum absolute atomic E-state index is 11.9. The van der Waals surface area contributed by atoms with Gasteiger partial charge in [-0.3, -0.25) is 0 Å². The van der Waals surface area contributed by atoms with E-state index in [4.69, 9.17) is 0 Å². The van der Waals surface area contributed by atoms with Gasteiger partial charge in [0.2, 0.25) is 0 Å². The fourth-order valence-electron chi connectivity index (χ4n) is 3.33. The molecule has 1 unspecified atom stereocenters. The van der Waals surface area contributed by atoms with Crippen LogP contribution >= 0.6 is 0 Å². The quantitative estimate of drug-likeness (QED) is 0.136. The van der Waals surface area contributed by atoms with Gasteiger partial charge >= 0.3 is 0 Å². The summed E-state index contributed by atoms with van der Waals surface area (Å²) >= 11 is 0. The SMILES string of the molecule is CCCCCCCCCCCCCCC/C([O-])=N/[N+](C)(C)CC(C)O. The lowest BCUT2D eigenvalue weighted by atomic mass is 10.0. The summed E-state index contributed by atoms with van der Waals surface area (Å²) in [7, 11) is 3.71. The van der Waals surface area contributed by atoms with Gasteiger partial charge in [-0.15, -0.1) is 5.10 Å². The first-order chi connectivity index (χ1) is 11.9. The lowest BCUT2D eigenvalue weighted by Gasteiger charge is -2.26. The molecule has 25 heavy (non-hydrogen) atoms. The molecule has 0 aliphatic carbocycles. The molecule has 0 bridgehead atoms. The zero-order chi connectivity index (χ0) is 19.0. The summed E-state index contributed by atoms with van der Waals surface area (Å²) in [5.74, 6) is -0.0336. The third kappa shape index (κ3) is 18.0.